The van der Waals surface area contributed by atoms with Crippen LogP contribution in [0, 0.1) is 0 Å². The quantitative estimate of drug-likeness (QED) is 0.264. The van der Waals surface area contributed by atoms with E-state index in [1.807, 2.05) is 30.3 Å². The zero-order chi connectivity index (χ0) is 27.4. The first-order valence-electron chi connectivity index (χ1n) is 11.9. The Morgan fingerprint density at radius 3 is 2.49 bits per heavy atom. The van der Waals surface area contributed by atoms with Crippen LogP contribution in [0.3, 0.4) is 0 Å². The fourth-order valence-electron chi connectivity index (χ4n) is 4.11. The van der Waals surface area contributed by atoms with E-state index in [1.54, 1.807) is 61.6 Å². The van der Waals surface area contributed by atoms with Crippen molar-refractivity contribution in [2.75, 3.05) is 26.6 Å². The van der Waals surface area contributed by atoms with Gasteiger partial charge in [0.2, 0.25) is 5.91 Å². The van der Waals surface area contributed by atoms with Crippen molar-refractivity contribution in [1.82, 2.24) is 20.1 Å². The predicted molar refractivity (Wildman–Crippen MR) is 152 cm³/mol. The van der Waals surface area contributed by atoms with Gasteiger partial charge in [-0.2, -0.15) is 5.10 Å². The van der Waals surface area contributed by atoms with E-state index in [1.165, 1.54) is 7.11 Å². The molecule has 5 aromatic rings. The highest BCUT2D eigenvalue weighted by atomic mass is 32.1. The summed E-state index contributed by atoms with van der Waals surface area (Å²) in [6, 6.07) is 18.3. The molecule has 0 aliphatic heterocycles. The Bertz CT molecular complexity index is 1690. The summed E-state index contributed by atoms with van der Waals surface area (Å²) < 4.78 is 24.1. The Morgan fingerprint density at radius 2 is 1.69 bits per heavy atom. The van der Waals surface area contributed by atoms with Crippen molar-refractivity contribution in [2.45, 2.75) is 6.54 Å². The number of amides is 1. The molecule has 198 valence electrons. The lowest BCUT2D eigenvalue weighted by Crippen LogP contribution is -2.36. The van der Waals surface area contributed by atoms with Crippen molar-refractivity contribution in [3.63, 3.8) is 0 Å². The molecule has 0 bridgehead atoms. The van der Waals surface area contributed by atoms with E-state index in [-0.39, 0.29) is 17.6 Å². The third-order valence-corrected chi connectivity index (χ3v) is 6.16. The van der Waals surface area contributed by atoms with Crippen LogP contribution in [-0.2, 0) is 11.3 Å². The molecule has 5 rings (SSSR count). The Hall–Kier alpha value is -4.90. The average Bonchev–Trinajstić information content (AvgIpc) is 3.35. The molecule has 3 aromatic carbocycles. The molecule has 0 saturated heterocycles. The largest absolute Gasteiger partial charge is 0.494 e. The summed E-state index contributed by atoms with van der Waals surface area (Å²) in [7, 11) is 4.68. The van der Waals surface area contributed by atoms with Crippen LogP contribution in [0.1, 0.15) is 0 Å². The van der Waals surface area contributed by atoms with E-state index >= 15 is 0 Å². The second-order valence-electron chi connectivity index (χ2n) is 8.36. The molecule has 0 aliphatic rings. The first-order chi connectivity index (χ1) is 19.0. The summed E-state index contributed by atoms with van der Waals surface area (Å²) in [5, 5.41) is 11.8. The van der Waals surface area contributed by atoms with Crippen LogP contribution in [0.4, 0.5) is 5.69 Å². The van der Waals surface area contributed by atoms with Crippen molar-refractivity contribution in [1.29, 1.82) is 0 Å². The molecule has 0 fully saturated rings. The van der Waals surface area contributed by atoms with Gasteiger partial charge >= 0.3 is 0 Å². The van der Waals surface area contributed by atoms with Gasteiger partial charge in [-0.3, -0.25) is 14.5 Å². The van der Waals surface area contributed by atoms with Crippen LogP contribution >= 0.6 is 12.2 Å². The highest BCUT2D eigenvalue weighted by molar-refractivity contribution is 7.80. The van der Waals surface area contributed by atoms with Crippen LogP contribution in [0.25, 0.3) is 21.8 Å². The molecule has 0 atom stereocenters. The molecular weight excluding hydrogens is 518 g/mol. The number of ether oxygens (including phenoxy) is 4. The third-order valence-electron chi connectivity index (χ3n) is 5.95. The number of nitrogens with one attached hydrogen (secondary N) is 2. The van der Waals surface area contributed by atoms with Gasteiger partial charge in [-0.05, 0) is 42.5 Å². The minimum absolute atomic E-state index is 0.0236. The molecule has 0 radical (unpaired) electrons. The molecule has 0 saturated carbocycles. The zero-order valence-electron chi connectivity index (χ0n) is 21.4. The summed E-state index contributed by atoms with van der Waals surface area (Å²) in [4.78, 5) is 17.0. The van der Waals surface area contributed by atoms with Crippen LogP contribution < -0.4 is 29.6 Å². The molecule has 11 heteroatoms. The maximum Gasteiger partial charge on any atom is 0.247 e. The summed E-state index contributed by atoms with van der Waals surface area (Å²) >= 11 is 5.36. The molecule has 0 spiro atoms. The molecule has 2 N–H and O–H groups in total. The van der Waals surface area contributed by atoms with Crippen LogP contribution in [0.5, 0.6) is 28.7 Å². The van der Waals surface area contributed by atoms with Gasteiger partial charge < -0.3 is 29.6 Å². The van der Waals surface area contributed by atoms with E-state index in [0.29, 0.717) is 40.0 Å². The first kappa shape index (κ1) is 25.7. The number of nitrogens with zero attached hydrogens (tertiary/aromatic N) is 3. The smallest absolute Gasteiger partial charge is 0.247 e. The van der Waals surface area contributed by atoms with Gasteiger partial charge in [0.15, 0.2) is 16.6 Å². The SMILES string of the molecule is COc1cc(Oc2ccnc3cc(OC)c(OC)cc23)ccc1NC(=S)NC(=O)Cn1ncc2ccccc21. The monoisotopic (exact) mass is 543 g/mol. The van der Waals surface area contributed by atoms with E-state index in [2.05, 4.69) is 20.7 Å². The highest BCUT2D eigenvalue weighted by Crippen LogP contribution is 2.38. The van der Waals surface area contributed by atoms with Crippen molar-refractivity contribution in [2.24, 2.45) is 0 Å². The van der Waals surface area contributed by atoms with Crippen molar-refractivity contribution in [3.8, 4) is 28.7 Å². The molecule has 1 amide bonds. The Balaban J connectivity index is 1.28. The number of methoxy groups -OCH3 is 3. The Morgan fingerprint density at radius 1 is 0.923 bits per heavy atom. The highest BCUT2D eigenvalue weighted by Gasteiger charge is 2.14. The van der Waals surface area contributed by atoms with Gasteiger partial charge in [0.05, 0.1) is 44.2 Å². The standard InChI is InChI=1S/C28H25N5O5S/c1-35-24-12-18(38-23-10-11-29-21-14-26(37-3)25(36-2)13-19(21)23)8-9-20(24)31-28(39)32-27(34)16-33-22-7-5-4-6-17(22)15-30-33/h4-15H,16H2,1-3H3,(H2,31,32,34,39). The second-order valence-corrected chi connectivity index (χ2v) is 8.77. The minimum Gasteiger partial charge on any atom is -0.494 e. The molecule has 2 aromatic heterocycles. The number of anilines is 1. The maximum absolute atomic E-state index is 12.6. The fourth-order valence-corrected chi connectivity index (χ4v) is 4.33. The Labute approximate surface area is 229 Å². The molecular formula is C28H25N5O5S. The molecule has 10 nitrogen and oxygen atoms in total. The lowest BCUT2D eigenvalue weighted by atomic mass is 10.2. The lowest BCUT2D eigenvalue weighted by Gasteiger charge is -2.15. The third kappa shape index (κ3) is 5.53. The number of carbonyl (C=O) groups excluding carboxylic acids is 1. The van der Waals surface area contributed by atoms with E-state index in [4.69, 9.17) is 31.2 Å². The number of aromatic nitrogens is 3. The van der Waals surface area contributed by atoms with Gasteiger partial charge in [-0.1, -0.05) is 18.2 Å². The summed E-state index contributed by atoms with van der Waals surface area (Å²) in [6.07, 6.45) is 3.37. The van der Waals surface area contributed by atoms with E-state index in [9.17, 15) is 4.79 Å². The number of pyridine rings is 1. The number of rotatable bonds is 8. The average molecular weight is 544 g/mol. The van der Waals surface area contributed by atoms with Gasteiger partial charge in [0.1, 0.15) is 23.8 Å². The Kier molecular flexibility index (Phi) is 7.41. The molecule has 0 unspecified atom stereocenters. The number of benzene rings is 3. The van der Waals surface area contributed by atoms with Gasteiger partial charge in [0, 0.05) is 29.1 Å². The zero-order valence-corrected chi connectivity index (χ0v) is 22.2. The summed E-state index contributed by atoms with van der Waals surface area (Å²) in [5.41, 5.74) is 2.12. The van der Waals surface area contributed by atoms with Crippen LogP contribution in [-0.4, -0.2) is 47.1 Å². The maximum atomic E-state index is 12.6. The van der Waals surface area contributed by atoms with Crippen LogP contribution in [0.2, 0.25) is 0 Å². The molecule has 0 aliphatic carbocycles. The van der Waals surface area contributed by atoms with Gasteiger partial charge in [0.25, 0.3) is 0 Å². The van der Waals surface area contributed by atoms with Crippen LogP contribution in [0.15, 0.2) is 73.1 Å². The van der Waals surface area contributed by atoms with Crippen molar-refractivity contribution in [3.05, 3.63) is 73.1 Å². The number of hydrogen-bond acceptors (Lipinski definition) is 8. The van der Waals surface area contributed by atoms with E-state index in [0.717, 1.165) is 16.3 Å². The van der Waals surface area contributed by atoms with Gasteiger partial charge in [-0.15, -0.1) is 0 Å². The second kappa shape index (κ2) is 11.2. The summed E-state index contributed by atoms with van der Waals surface area (Å²) in [5.74, 6) is 2.42. The number of carbonyl (C=O) groups is 1. The first-order valence-corrected chi connectivity index (χ1v) is 12.3. The molecule has 2 heterocycles. The lowest BCUT2D eigenvalue weighted by molar-refractivity contribution is -0.120. The van der Waals surface area contributed by atoms with Crippen molar-refractivity contribution < 1.29 is 23.7 Å². The predicted octanol–water partition coefficient (Wildman–Crippen LogP) is 4.92. The number of hydrogen-bond donors (Lipinski definition) is 2. The number of thiocarbonyl (C=S) groups is 1. The number of para-hydroxylation sites is 1. The summed E-state index contributed by atoms with van der Waals surface area (Å²) in [6.45, 7) is 0.0236. The number of fused-ring (bicyclic) bond motifs is 2. The normalized spacial score (nSPS) is 10.7. The fraction of sp³-hybridized carbons (Fsp3) is 0.143. The van der Waals surface area contributed by atoms with Gasteiger partial charge in [-0.25, -0.2) is 0 Å². The van der Waals surface area contributed by atoms with Crippen molar-refractivity contribution >= 4 is 50.7 Å². The minimum atomic E-state index is -0.308. The molecule has 39 heavy (non-hydrogen) atoms. The van der Waals surface area contributed by atoms with E-state index < -0.39 is 0 Å². The topological polar surface area (TPSA) is 109 Å².